The second-order valence-electron chi connectivity index (χ2n) is 7.68. The lowest BCUT2D eigenvalue weighted by Crippen LogP contribution is -2.49. The average Bonchev–Trinajstić information content (AvgIpc) is 3.30. The molecule has 1 atom stereocenters. The zero-order valence-electron chi connectivity index (χ0n) is 17.7. The summed E-state index contributed by atoms with van der Waals surface area (Å²) in [6.45, 7) is 4.61. The largest absolute Gasteiger partial charge is 0.497 e. The van der Waals surface area contributed by atoms with Crippen molar-refractivity contribution in [2.45, 2.75) is 38.8 Å². The number of benzene rings is 1. The Bertz CT molecular complexity index is 817. The number of likely N-dealkylation sites (tertiary alicyclic amines) is 1. The van der Waals surface area contributed by atoms with Crippen LogP contribution in [0.2, 0.25) is 0 Å². The summed E-state index contributed by atoms with van der Waals surface area (Å²) < 4.78 is 5.22. The molecule has 0 aliphatic carbocycles. The third-order valence-electron chi connectivity index (χ3n) is 5.68. The number of methoxy groups -OCH3 is 1. The number of hydrogen-bond donors (Lipinski definition) is 2. The molecule has 0 radical (unpaired) electrons. The first-order valence-electron chi connectivity index (χ1n) is 10.5. The summed E-state index contributed by atoms with van der Waals surface area (Å²) in [4.78, 5) is 28.5. The molecule has 1 unspecified atom stereocenters. The number of rotatable bonds is 9. The summed E-state index contributed by atoms with van der Waals surface area (Å²) in [6.07, 6.45) is 2.46. The summed E-state index contributed by atoms with van der Waals surface area (Å²) in [5.74, 6) is 0.972. The summed E-state index contributed by atoms with van der Waals surface area (Å²) in [6, 6.07) is 11.6. The number of thiophene rings is 1. The molecule has 1 aliphatic heterocycles. The molecule has 1 saturated heterocycles. The van der Waals surface area contributed by atoms with E-state index in [1.54, 1.807) is 18.4 Å². The molecule has 6 nitrogen and oxygen atoms in total. The van der Waals surface area contributed by atoms with Crippen LogP contribution >= 0.6 is 11.3 Å². The quantitative estimate of drug-likeness (QED) is 0.643. The van der Waals surface area contributed by atoms with Crippen LogP contribution < -0.4 is 15.4 Å². The number of carbonyl (C=O) groups is 2. The monoisotopic (exact) mass is 429 g/mol. The summed E-state index contributed by atoms with van der Waals surface area (Å²) in [7, 11) is 1.63. The Hall–Kier alpha value is -2.38. The Labute approximate surface area is 182 Å². The highest BCUT2D eigenvalue weighted by molar-refractivity contribution is 7.09. The molecular weight excluding hydrogens is 398 g/mol. The molecule has 7 heteroatoms. The Kier molecular flexibility index (Phi) is 8.28. The first-order chi connectivity index (χ1) is 14.6. The maximum atomic E-state index is 12.6. The van der Waals surface area contributed by atoms with Gasteiger partial charge in [0.05, 0.1) is 13.2 Å². The summed E-state index contributed by atoms with van der Waals surface area (Å²) in [5, 5.41) is 8.13. The zero-order chi connectivity index (χ0) is 21.3. The number of amides is 2. The van der Waals surface area contributed by atoms with E-state index in [0.717, 1.165) is 43.7 Å². The van der Waals surface area contributed by atoms with Crippen molar-refractivity contribution in [3.05, 3.63) is 52.2 Å². The zero-order valence-corrected chi connectivity index (χ0v) is 18.5. The van der Waals surface area contributed by atoms with Crippen LogP contribution in [0.25, 0.3) is 0 Å². The average molecular weight is 430 g/mol. The Balaban J connectivity index is 1.37. The molecule has 3 rings (SSSR count). The minimum atomic E-state index is -0.210. The van der Waals surface area contributed by atoms with Crippen LogP contribution in [0, 0.1) is 5.92 Å². The van der Waals surface area contributed by atoms with Crippen LogP contribution in [0.4, 0.5) is 0 Å². The molecule has 2 N–H and O–H groups in total. The maximum absolute atomic E-state index is 12.6. The lowest BCUT2D eigenvalue weighted by atomic mass is 9.95. The van der Waals surface area contributed by atoms with Crippen molar-refractivity contribution in [2.24, 2.45) is 5.92 Å². The predicted octanol–water partition coefficient (Wildman–Crippen LogP) is 2.83. The van der Waals surface area contributed by atoms with Crippen molar-refractivity contribution in [3.8, 4) is 5.75 Å². The number of ether oxygens (including phenoxy) is 1. The molecule has 1 aromatic carbocycles. The van der Waals surface area contributed by atoms with Crippen molar-refractivity contribution in [1.82, 2.24) is 15.5 Å². The lowest BCUT2D eigenvalue weighted by Gasteiger charge is -2.34. The van der Waals surface area contributed by atoms with Crippen LogP contribution in [0.15, 0.2) is 41.8 Å². The van der Waals surface area contributed by atoms with Crippen molar-refractivity contribution in [1.29, 1.82) is 0 Å². The molecule has 1 aromatic heterocycles. The van der Waals surface area contributed by atoms with Crippen LogP contribution in [0.1, 0.15) is 30.2 Å². The van der Waals surface area contributed by atoms with Gasteiger partial charge in [-0.2, -0.15) is 0 Å². The molecule has 1 fully saturated rings. The van der Waals surface area contributed by atoms with E-state index in [-0.39, 0.29) is 23.8 Å². The van der Waals surface area contributed by atoms with Gasteiger partial charge in [0, 0.05) is 23.9 Å². The SMILES string of the molecule is COc1cccc(CNC(=O)C(C)N2CCC(C(=O)NCCc3cccs3)CC2)c1. The highest BCUT2D eigenvalue weighted by Crippen LogP contribution is 2.20. The van der Waals surface area contributed by atoms with Gasteiger partial charge in [-0.25, -0.2) is 0 Å². The molecule has 0 bridgehead atoms. The van der Waals surface area contributed by atoms with Gasteiger partial charge in [-0.05, 0) is 68.4 Å². The Morgan fingerprint density at radius 1 is 1.20 bits per heavy atom. The fourth-order valence-corrected chi connectivity index (χ4v) is 4.45. The van der Waals surface area contributed by atoms with E-state index in [1.807, 2.05) is 37.3 Å². The molecule has 2 heterocycles. The highest BCUT2D eigenvalue weighted by atomic mass is 32.1. The number of nitrogens with zero attached hydrogens (tertiary/aromatic N) is 1. The first kappa shape index (κ1) is 22.3. The van der Waals surface area contributed by atoms with Gasteiger partial charge < -0.3 is 15.4 Å². The van der Waals surface area contributed by atoms with Gasteiger partial charge in [-0.15, -0.1) is 11.3 Å². The second kappa shape index (κ2) is 11.1. The van der Waals surface area contributed by atoms with E-state index in [9.17, 15) is 9.59 Å². The lowest BCUT2D eigenvalue weighted by molar-refractivity contribution is -0.128. The summed E-state index contributed by atoms with van der Waals surface area (Å²) >= 11 is 1.72. The highest BCUT2D eigenvalue weighted by Gasteiger charge is 2.29. The molecule has 162 valence electrons. The van der Waals surface area contributed by atoms with E-state index in [0.29, 0.717) is 13.1 Å². The van der Waals surface area contributed by atoms with Gasteiger partial charge in [-0.3, -0.25) is 14.5 Å². The molecule has 1 aliphatic rings. The van der Waals surface area contributed by atoms with Gasteiger partial charge in [-0.1, -0.05) is 18.2 Å². The number of piperidine rings is 1. The number of hydrogen-bond acceptors (Lipinski definition) is 5. The molecular formula is C23H31N3O3S. The van der Waals surface area contributed by atoms with E-state index < -0.39 is 0 Å². The Morgan fingerprint density at radius 3 is 2.70 bits per heavy atom. The summed E-state index contributed by atoms with van der Waals surface area (Å²) in [5.41, 5.74) is 1.01. The van der Waals surface area contributed by atoms with Crippen molar-refractivity contribution < 1.29 is 14.3 Å². The standard InChI is InChI=1S/C23H31N3O3S/c1-17(22(27)25-16-18-5-3-6-20(15-18)29-2)26-12-9-19(10-13-26)23(28)24-11-8-21-7-4-14-30-21/h3-7,14-15,17,19H,8-13,16H2,1-2H3,(H,24,28)(H,25,27). The van der Waals surface area contributed by atoms with Crippen molar-refractivity contribution >= 4 is 23.2 Å². The molecule has 0 spiro atoms. The molecule has 2 aromatic rings. The molecule has 30 heavy (non-hydrogen) atoms. The van der Waals surface area contributed by atoms with Gasteiger partial charge in [0.1, 0.15) is 5.75 Å². The van der Waals surface area contributed by atoms with Crippen LogP contribution in [-0.2, 0) is 22.6 Å². The van der Waals surface area contributed by atoms with Gasteiger partial charge in [0.25, 0.3) is 0 Å². The maximum Gasteiger partial charge on any atom is 0.237 e. The van der Waals surface area contributed by atoms with Gasteiger partial charge in [0.15, 0.2) is 0 Å². The Morgan fingerprint density at radius 2 is 2.00 bits per heavy atom. The van der Waals surface area contributed by atoms with Gasteiger partial charge in [0.2, 0.25) is 11.8 Å². The van der Waals surface area contributed by atoms with Crippen molar-refractivity contribution in [3.63, 3.8) is 0 Å². The molecule has 2 amide bonds. The predicted molar refractivity (Wildman–Crippen MR) is 120 cm³/mol. The van der Waals surface area contributed by atoms with E-state index >= 15 is 0 Å². The number of nitrogens with one attached hydrogen (secondary N) is 2. The normalized spacial score (nSPS) is 16.1. The smallest absolute Gasteiger partial charge is 0.237 e. The van der Waals surface area contributed by atoms with Crippen LogP contribution in [0.3, 0.4) is 0 Å². The third kappa shape index (κ3) is 6.31. The first-order valence-corrected chi connectivity index (χ1v) is 11.4. The minimum Gasteiger partial charge on any atom is -0.497 e. The van der Waals surface area contributed by atoms with Crippen LogP contribution in [0.5, 0.6) is 5.75 Å². The third-order valence-corrected chi connectivity index (χ3v) is 6.62. The fraction of sp³-hybridized carbons (Fsp3) is 0.478. The van der Waals surface area contributed by atoms with Crippen LogP contribution in [-0.4, -0.2) is 49.5 Å². The van der Waals surface area contributed by atoms with E-state index in [2.05, 4.69) is 27.0 Å². The minimum absolute atomic E-state index is 0.0108. The van der Waals surface area contributed by atoms with E-state index in [1.165, 1.54) is 4.88 Å². The topological polar surface area (TPSA) is 70.7 Å². The molecule has 0 saturated carbocycles. The van der Waals surface area contributed by atoms with Gasteiger partial charge >= 0.3 is 0 Å². The number of carbonyl (C=O) groups excluding carboxylic acids is 2. The second-order valence-corrected chi connectivity index (χ2v) is 8.71. The van der Waals surface area contributed by atoms with Crippen molar-refractivity contribution in [2.75, 3.05) is 26.7 Å². The fourth-order valence-electron chi connectivity index (χ4n) is 3.74. The van der Waals surface area contributed by atoms with E-state index in [4.69, 9.17) is 4.74 Å².